The van der Waals surface area contributed by atoms with Gasteiger partial charge in [0.25, 0.3) is 0 Å². The molecule has 28 heavy (non-hydrogen) atoms. The lowest BCUT2D eigenvalue weighted by molar-refractivity contribution is 0.120. The lowest BCUT2D eigenvalue weighted by atomic mass is 10.0. The van der Waals surface area contributed by atoms with Crippen LogP contribution in [-0.2, 0) is 6.42 Å². The first-order chi connectivity index (χ1) is 13.3. The van der Waals surface area contributed by atoms with Gasteiger partial charge in [0.2, 0.25) is 0 Å². The van der Waals surface area contributed by atoms with Gasteiger partial charge in [0, 0.05) is 6.04 Å². The molecule has 2 atom stereocenters. The Morgan fingerprint density at radius 2 is 1.71 bits per heavy atom. The minimum absolute atomic E-state index is 0.0297. The van der Waals surface area contributed by atoms with Gasteiger partial charge in [-0.25, -0.2) is 0 Å². The van der Waals surface area contributed by atoms with Gasteiger partial charge in [-0.1, -0.05) is 36.4 Å². The summed E-state index contributed by atoms with van der Waals surface area (Å²) in [5.41, 5.74) is 1.80. The largest absolute Gasteiger partial charge is 0.487 e. The van der Waals surface area contributed by atoms with Crippen molar-refractivity contribution < 1.29 is 19.7 Å². The molecule has 2 aromatic rings. The Kier molecular flexibility index (Phi) is 8.30. The van der Waals surface area contributed by atoms with Crippen LogP contribution < -0.4 is 14.8 Å². The molecule has 0 saturated heterocycles. The van der Waals surface area contributed by atoms with Gasteiger partial charge >= 0.3 is 0 Å². The molecule has 0 aliphatic rings. The van der Waals surface area contributed by atoms with Crippen molar-refractivity contribution in [3.05, 3.63) is 59.7 Å². The Hall–Kier alpha value is -2.08. The third-order valence-corrected chi connectivity index (χ3v) is 4.19. The average Bonchev–Trinajstić information content (AvgIpc) is 2.65. The number of rotatable bonds is 10. The number of hydrogen-bond acceptors (Lipinski definition) is 5. The zero-order valence-corrected chi connectivity index (χ0v) is 17.3. The van der Waals surface area contributed by atoms with Gasteiger partial charge in [0.1, 0.15) is 12.2 Å². The second kappa shape index (κ2) is 10.5. The molecular weight excluding hydrogens is 354 g/mol. The van der Waals surface area contributed by atoms with Gasteiger partial charge in [-0.3, -0.25) is 0 Å². The molecule has 0 amide bonds. The lowest BCUT2D eigenvalue weighted by Gasteiger charge is -2.26. The lowest BCUT2D eigenvalue weighted by Crippen LogP contribution is -2.34. The molecular formula is C23H33NO4. The van der Waals surface area contributed by atoms with E-state index in [1.807, 2.05) is 57.2 Å². The number of ether oxygens (including phenoxy) is 2. The molecule has 0 radical (unpaired) electrons. The molecule has 2 aromatic carbocycles. The average molecular weight is 388 g/mol. The molecule has 0 heterocycles. The van der Waals surface area contributed by atoms with E-state index in [-0.39, 0.29) is 37.5 Å². The zero-order valence-electron chi connectivity index (χ0n) is 17.3. The highest BCUT2D eigenvalue weighted by atomic mass is 16.5. The number of aliphatic hydroxyl groups excluding tert-OH is 2. The van der Waals surface area contributed by atoms with Crippen LogP contribution in [0.4, 0.5) is 0 Å². The molecule has 0 aromatic heterocycles. The van der Waals surface area contributed by atoms with Gasteiger partial charge in [0.15, 0.2) is 11.5 Å². The fourth-order valence-corrected chi connectivity index (χ4v) is 3.05. The van der Waals surface area contributed by atoms with Crippen molar-refractivity contribution in [2.45, 2.75) is 51.8 Å². The minimum Gasteiger partial charge on any atom is -0.487 e. The van der Waals surface area contributed by atoms with Crippen molar-refractivity contribution >= 4 is 0 Å². The van der Waals surface area contributed by atoms with E-state index in [1.54, 1.807) is 0 Å². The summed E-state index contributed by atoms with van der Waals surface area (Å²) in [5.74, 6) is 1.19. The molecule has 2 unspecified atom stereocenters. The molecule has 5 heteroatoms. The predicted octanol–water partition coefficient (Wildman–Crippen LogP) is 3.49. The van der Waals surface area contributed by atoms with Gasteiger partial charge in [-0.2, -0.15) is 0 Å². The molecule has 5 nitrogen and oxygen atoms in total. The fraction of sp³-hybridized carbons (Fsp3) is 0.478. The third kappa shape index (κ3) is 7.15. The van der Waals surface area contributed by atoms with Crippen LogP contribution in [0.5, 0.6) is 11.5 Å². The van der Waals surface area contributed by atoms with E-state index in [4.69, 9.17) is 14.6 Å². The maximum Gasteiger partial charge on any atom is 0.161 e. The molecule has 0 saturated carbocycles. The Morgan fingerprint density at radius 1 is 1.00 bits per heavy atom. The summed E-state index contributed by atoms with van der Waals surface area (Å²) in [6, 6.07) is 15.9. The van der Waals surface area contributed by atoms with Gasteiger partial charge in [-0.05, 0) is 57.4 Å². The van der Waals surface area contributed by atoms with Gasteiger partial charge in [-0.15, -0.1) is 0 Å². The highest BCUT2D eigenvalue weighted by molar-refractivity contribution is 5.44. The number of hydrogen-bond donors (Lipinski definition) is 3. The maximum atomic E-state index is 9.94. The van der Waals surface area contributed by atoms with E-state index in [0.717, 1.165) is 12.0 Å². The van der Waals surface area contributed by atoms with E-state index in [0.29, 0.717) is 11.5 Å². The van der Waals surface area contributed by atoms with Crippen LogP contribution in [0, 0.1) is 0 Å². The summed E-state index contributed by atoms with van der Waals surface area (Å²) in [4.78, 5) is 0. The quantitative estimate of drug-likeness (QED) is 0.582. The summed E-state index contributed by atoms with van der Waals surface area (Å²) in [6.45, 7) is 8.11. The molecule has 0 aliphatic carbocycles. The first-order valence-electron chi connectivity index (χ1n) is 9.80. The SMILES string of the molecule is CC(Cc1ccccc1)NC(CO)c1ccc(OC(C)(C)C)c(OCCO)c1. The molecule has 0 aliphatic heterocycles. The second-order valence-electron chi connectivity index (χ2n) is 7.99. The third-order valence-electron chi connectivity index (χ3n) is 4.19. The molecule has 2 rings (SSSR count). The van der Waals surface area contributed by atoms with E-state index >= 15 is 0 Å². The highest BCUT2D eigenvalue weighted by Gasteiger charge is 2.19. The summed E-state index contributed by atoms with van der Waals surface area (Å²) >= 11 is 0. The summed E-state index contributed by atoms with van der Waals surface area (Å²) in [5, 5.41) is 22.5. The smallest absolute Gasteiger partial charge is 0.161 e. The van der Waals surface area contributed by atoms with Crippen molar-refractivity contribution in [3.8, 4) is 11.5 Å². The molecule has 0 spiro atoms. The second-order valence-corrected chi connectivity index (χ2v) is 7.99. The van der Waals surface area contributed by atoms with Crippen molar-refractivity contribution in [1.29, 1.82) is 0 Å². The minimum atomic E-state index is -0.363. The number of nitrogens with one attached hydrogen (secondary N) is 1. The normalized spacial score (nSPS) is 13.8. The van der Waals surface area contributed by atoms with Crippen LogP contribution in [0.3, 0.4) is 0 Å². The van der Waals surface area contributed by atoms with E-state index in [2.05, 4.69) is 24.4 Å². The Balaban J connectivity index is 2.15. The molecule has 154 valence electrons. The van der Waals surface area contributed by atoms with Gasteiger partial charge in [0.05, 0.1) is 19.3 Å². The van der Waals surface area contributed by atoms with Crippen LogP contribution in [0.2, 0.25) is 0 Å². The molecule has 3 N–H and O–H groups in total. The first-order valence-corrected chi connectivity index (χ1v) is 9.80. The van der Waals surface area contributed by atoms with Crippen molar-refractivity contribution in [2.24, 2.45) is 0 Å². The van der Waals surface area contributed by atoms with Crippen LogP contribution in [0.1, 0.15) is 44.9 Å². The molecule has 0 bridgehead atoms. The Bertz CT molecular complexity index is 712. The van der Waals surface area contributed by atoms with Gasteiger partial charge < -0.3 is 25.0 Å². The highest BCUT2D eigenvalue weighted by Crippen LogP contribution is 2.33. The van der Waals surface area contributed by atoms with Crippen LogP contribution in [0.25, 0.3) is 0 Å². The van der Waals surface area contributed by atoms with Crippen molar-refractivity contribution in [1.82, 2.24) is 5.32 Å². The maximum absolute atomic E-state index is 9.94. The Labute approximate surface area is 168 Å². The summed E-state index contributed by atoms with van der Waals surface area (Å²) in [7, 11) is 0. The van der Waals surface area contributed by atoms with Crippen LogP contribution in [-0.4, -0.2) is 41.7 Å². The van der Waals surface area contributed by atoms with Crippen LogP contribution in [0.15, 0.2) is 48.5 Å². The summed E-state index contributed by atoms with van der Waals surface area (Å²) < 4.78 is 11.7. The van der Waals surface area contributed by atoms with E-state index < -0.39 is 0 Å². The zero-order chi connectivity index (χ0) is 20.6. The van der Waals surface area contributed by atoms with Crippen molar-refractivity contribution in [2.75, 3.05) is 19.8 Å². The first kappa shape index (κ1) is 22.2. The number of benzene rings is 2. The van der Waals surface area contributed by atoms with E-state index in [1.165, 1.54) is 5.56 Å². The fourth-order valence-electron chi connectivity index (χ4n) is 3.05. The molecule has 0 fully saturated rings. The standard InChI is InChI=1S/C23H33NO4/c1-17(14-18-8-6-5-7-9-18)24-20(16-26)19-10-11-21(28-23(2,3)4)22(15-19)27-13-12-25/h5-11,15,17,20,24-26H,12-14,16H2,1-4H3. The number of aliphatic hydroxyl groups is 2. The van der Waals surface area contributed by atoms with Crippen molar-refractivity contribution in [3.63, 3.8) is 0 Å². The predicted molar refractivity (Wildman–Crippen MR) is 112 cm³/mol. The monoisotopic (exact) mass is 387 g/mol. The Morgan fingerprint density at radius 3 is 2.32 bits per heavy atom. The summed E-state index contributed by atoms with van der Waals surface area (Å²) in [6.07, 6.45) is 0.871. The van der Waals surface area contributed by atoms with Crippen LogP contribution >= 0.6 is 0 Å². The van der Waals surface area contributed by atoms with E-state index in [9.17, 15) is 5.11 Å². The topological polar surface area (TPSA) is 71.0 Å².